The molecule has 0 radical (unpaired) electrons. The second kappa shape index (κ2) is 6.68. The van der Waals surface area contributed by atoms with Crippen LogP contribution in [0.2, 0.25) is 0 Å². The maximum atomic E-state index is 12.8. The number of amides is 1. The van der Waals surface area contributed by atoms with Gasteiger partial charge in [0.1, 0.15) is 0 Å². The highest BCUT2D eigenvalue weighted by Gasteiger charge is 2.43. The van der Waals surface area contributed by atoms with Crippen LogP contribution >= 0.6 is 0 Å². The summed E-state index contributed by atoms with van der Waals surface area (Å²) in [6, 6.07) is 0.0967. The minimum atomic E-state index is 0.0967. The Balaban J connectivity index is 1.68. The Bertz CT molecular complexity index is 364. The average molecular weight is 292 g/mol. The molecule has 1 amide bonds. The van der Waals surface area contributed by atoms with Gasteiger partial charge in [0.05, 0.1) is 12.2 Å². The lowest BCUT2D eigenvalue weighted by atomic mass is 10.0. The number of hydrogen-bond acceptors (Lipinski definition) is 2. The lowest BCUT2D eigenvalue weighted by molar-refractivity contribution is -0.131. The molecule has 3 rings (SSSR count). The summed E-state index contributed by atoms with van der Waals surface area (Å²) >= 11 is 0. The second-order valence-electron chi connectivity index (χ2n) is 7.77. The van der Waals surface area contributed by atoms with Gasteiger partial charge in [-0.25, -0.2) is 0 Å². The minimum Gasteiger partial charge on any atom is -0.325 e. The van der Waals surface area contributed by atoms with E-state index in [2.05, 4.69) is 24.1 Å². The number of nitrogens with zero attached hydrogens (tertiary/aromatic N) is 1. The van der Waals surface area contributed by atoms with Gasteiger partial charge >= 0.3 is 0 Å². The van der Waals surface area contributed by atoms with Crippen LogP contribution in [-0.2, 0) is 4.79 Å². The fourth-order valence-corrected chi connectivity index (χ4v) is 4.84. The van der Waals surface area contributed by atoms with Crippen molar-refractivity contribution in [2.24, 2.45) is 17.8 Å². The Morgan fingerprint density at radius 1 is 1.19 bits per heavy atom. The minimum absolute atomic E-state index is 0.0967. The Labute approximate surface area is 129 Å². The third-order valence-corrected chi connectivity index (χ3v) is 5.97. The van der Waals surface area contributed by atoms with Gasteiger partial charge in [-0.15, -0.1) is 0 Å². The number of carbonyl (C=O) groups is 1. The summed E-state index contributed by atoms with van der Waals surface area (Å²) in [5.41, 5.74) is 0. The van der Waals surface area contributed by atoms with Gasteiger partial charge < -0.3 is 4.90 Å². The smallest absolute Gasteiger partial charge is 0.241 e. The van der Waals surface area contributed by atoms with E-state index in [0.717, 1.165) is 31.2 Å². The molecule has 2 saturated carbocycles. The standard InChI is InChI=1S/C18H32N2O/c1-3-6-16-18(21)20(12-14-10-9-13(2)11-14)17(19-16)15-7-4-5-8-15/h13-17,19H,3-12H2,1-2H3. The predicted molar refractivity (Wildman–Crippen MR) is 85.8 cm³/mol. The van der Waals surface area contributed by atoms with E-state index in [1.165, 1.54) is 44.9 Å². The van der Waals surface area contributed by atoms with E-state index in [4.69, 9.17) is 0 Å². The molecule has 3 aliphatic rings. The Morgan fingerprint density at radius 3 is 2.57 bits per heavy atom. The molecule has 0 aromatic rings. The number of carbonyl (C=O) groups excluding carboxylic acids is 1. The fraction of sp³-hybridized carbons (Fsp3) is 0.944. The largest absolute Gasteiger partial charge is 0.325 e. The third-order valence-electron chi connectivity index (χ3n) is 5.97. The number of nitrogens with one attached hydrogen (secondary N) is 1. The first-order chi connectivity index (χ1) is 10.2. The molecule has 120 valence electrons. The molecule has 1 heterocycles. The first kappa shape index (κ1) is 15.3. The molecular weight excluding hydrogens is 260 g/mol. The maximum absolute atomic E-state index is 12.8. The summed E-state index contributed by atoms with van der Waals surface area (Å²) in [6.45, 7) is 5.55. The van der Waals surface area contributed by atoms with Gasteiger partial charge in [0.25, 0.3) is 0 Å². The summed E-state index contributed by atoms with van der Waals surface area (Å²) in [7, 11) is 0. The highest BCUT2D eigenvalue weighted by Crippen LogP contribution is 2.36. The average Bonchev–Trinajstić information content (AvgIpc) is 3.16. The molecule has 0 spiro atoms. The molecule has 0 aromatic heterocycles. The van der Waals surface area contributed by atoms with Crippen molar-refractivity contribution in [3.05, 3.63) is 0 Å². The molecule has 2 aliphatic carbocycles. The van der Waals surface area contributed by atoms with Gasteiger partial charge in [-0.1, -0.05) is 39.5 Å². The highest BCUT2D eigenvalue weighted by atomic mass is 16.2. The van der Waals surface area contributed by atoms with Crippen LogP contribution in [0, 0.1) is 17.8 Å². The third kappa shape index (κ3) is 3.28. The van der Waals surface area contributed by atoms with Crippen LogP contribution in [0.4, 0.5) is 0 Å². The van der Waals surface area contributed by atoms with Crippen LogP contribution in [0.25, 0.3) is 0 Å². The zero-order valence-electron chi connectivity index (χ0n) is 13.8. The van der Waals surface area contributed by atoms with E-state index in [1.807, 2.05) is 0 Å². The van der Waals surface area contributed by atoms with Crippen molar-refractivity contribution in [3.63, 3.8) is 0 Å². The fourth-order valence-electron chi connectivity index (χ4n) is 4.84. The predicted octanol–water partition coefficient (Wildman–Crippen LogP) is 3.54. The van der Waals surface area contributed by atoms with Crippen LogP contribution in [0.1, 0.15) is 71.6 Å². The first-order valence-corrected chi connectivity index (χ1v) is 9.25. The molecule has 3 nitrogen and oxygen atoms in total. The summed E-state index contributed by atoms with van der Waals surface area (Å²) in [5, 5.41) is 3.70. The van der Waals surface area contributed by atoms with Crippen molar-refractivity contribution in [3.8, 4) is 0 Å². The van der Waals surface area contributed by atoms with E-state index in [0.29, 0.717) is 18.0 Å². The van der Waals surface area contributed by atoms with Crippen molar-refractivity contribution in [1.82, 2.24) is 10.2 Å². The van der Waals surface area contributed by atoms with Gasteiger partial charge in [0.15, 0.2) is 0 Å². The Kier molecular flexibility index (Phi) is 4.88. The van der Waals surface area contributed by atoms with Crippen LogP contribution in [0.3, 0.4) is 0 Å². The molecule has 4 atom stereocenters. The lowest BCUT2D eigenvalue weighted by Gasteiger charge is -2.31. The van der Waals surface area contributed by atoms with Gasteiger partial charge in [-0.2, -0.15) is 0 Å². The van der Waals surface area contributed by atoms with Crippen molar-refractivity contribution in [2.75, 3.05) is 6.54 Å². The summed E-state index contributed by atoms with van der Waals surface area (Å²) in [6.07, 6.45) is 11.7. The van der Waals surface area contributed by atoms with E-state index in [9.17, 15) is 4.79 Å². The molecule has 21 heavy (non-hydrogen) atoms. The Morgan fingerprint density at radius 2 is 1.95 bits per heavy atom. The van der Waals surface area contributed by atoms with Gasteiger partial charge in [-0.3, -0.25) is 10.1 Å². The van der Waals surface area contributed by atoms with E-state index in [-0.39, 0.29) is 6.04 Å². The molecule has 1 aliphatic heterocycles. The van der Waals surface area contributed by atoms with Crippen molar-refractivity contribution in [2.45, 2.75) is 83.8 Å². The van der Waals surface area contributed by atoms with Gasteiger partial charge in [0, 0.05) is 6.54 Å². The summed E-state index contributed by atoms with van der Waals surface area (Å²) in [4.78, 5) is 15.0. The molecule has 4 unspecified atom stereocenters. The lowest BCUT2D eigenvalue weighted by Crippen LogP contribution is -2.44. The SMILES string of the molecule is CCCC1NC(C2CCCC2)N(CC2CCC(C)C2)C1=O. The van der Waals surface area contributed by atoms with E-state index < -0.39 is 0 Å². The highest BCUT2D eigenvalue weighted by molar-refractivity contribution is 5.84. The summed E-state index contributed by atoms with van der Waals surface area (Å²) in [5.74, 6) is 2.70. The zero-order valence-corrected chi connectivity index (χ0v) is 13.8. The van der Waals surface area contributed by atoms with E-state index >= 15 is 0 Å². The van der Waals surface area contributed by atoms with Crippen molar-refractivity contribution >= 4 is 5.91 Å². The van der Waals surface area contributed by atoms with Crippen molar-refractivity contribution in [1.29, 1.82) is 0 Å². The Hall–Kier alpha value is -0.570. The molecule has 3 heteroatoms. The second-order valence-corrected chi connectivity index (χ2v) is 7.77. The molecule has 1 N–H and O–H groups in total. The quantitative estimate of drug-likeness (QED) is 0.840. The molecule has 1 saturated heterocycles. The number of hydrogen-bond donors (Lipinski definition) is 1. The van der Waals surface area contributed by atoms with Crippen LogP contribution in [-0.4, -0.2) is 29.6 Å². The molecule has 3 fully saturated rings. The van der Waals surface area contributed by atoms with Gasteiger partial charge in [-0.05, 0) is 49.9 Å². The van der Waals surface area contributed by atoms with Crippen LogP contribution in [0.15, 0.2) is 0 Å². The molecule has 0 aromatic carbocycles. The van der Waals surface area contributed by atoms with Crippen LogP contribution < -0.4 is 5.32 Å². The maximum Gasteiger partial charge on any atom is 0.241 e. The van der Waals surface area contributed by atoms with Crippen LogP contribution in [0.5, 0.6) is 0 Å². The molecule has 0 bridgehead atoms. The van der Waals surface area contributed by atoms with E-state index in [1.54, 1.807) is 0 Å². The van der Waals surface area contributed by atoms with Crippen molar-refractivity contribution < 1.29 is 4.79 Å². The zero-order chi connectivity index (χ0) is 14.8. The summed E-state index contributed by atoms with van der Waals surface area (Å²) < 4.78 is 0. The van der Waals surface area contributed by atoms with Gasteiger partial charge in [0.2, 0.25) is 5.91 Å². The molecular formula is C18H32N2O. The monoisotopic (exact) mass is 292 g/mol. The normalized spacial score (nSPS) is 37.8. The topological polar surface area (TPSA) is 32.3 Å². The first-order valence-electron chi connectivity index (χ1n) is 9.25. The number of rotatable bonds is 5.